The van der Waals surface area contributed by atoms with E-state index >= 15 is 0 Å². The molecule has 0 spiro atoms. The molecular weight excluding hydrogens is 368 g/mol. The van der Waals surface area contributed by atoms with Gasteiger partial charge in [0.25, 0.3) is 0 Å². The van der Waals surface area contributed by atoms with E-state index in [0.29, 0.717) is 12.6 Å². The van der Waals surface area contributed by atoms with E-state index in [4.69, 9.17) is 14.5 Å². The van der Waals surface area contributed by atoms with Crippen molar-refractivity contribution in [1.82, 2.24) is 19.5 Å². The Morgan fingerprint density at radius 1 is 1.34 bits per heavy atom. The minimum atomic E-state index is 0. The van der Waals surface area contributed by atoms with E-state index in [0.717, 1.165) is 47.4 Å². The number of imidazole rings is 1. The van der Waals surface area contributed by atoms with Crippen LogP contribution in [-0.2, 0) is 0 Å². The monoisotopic (exact) mass is 396 g/mol. The van der Waals surface area contributed by atoms with Crippen molar-refractivity contribution in [2.45, 2.75) is 33.2 Å². The molecular formula is C21H28N6O2. The van der Waals surface area contributed by atoms with Gasteiger partial charge < -0.3 is 24.3 Å². The minimum Gasteiger partial charge on any atom is -0.494 e. The number of methoxy groups -OCH3 is 1. The van der Waals surface area contributed by atoms with Crippen LogP contribution in [0.4, 0.5) is 17.5 Å². The number of anilines is 3. The summed E-state index contributed by atoms with van der Waals surface area (Å²) >= 11 is 0. The molecule has 0 fully saturated rings. The lowest BCUT2D eigenvalue weighted by molar-refractivity contribution is 0.266. The Hall–Kier alpha value is -3.29. The fourth-order valence-corrected chi connectivity index (χ4v) is 3.46. The highest BCUT2D eigenvalue weighted by Crippen LogP contribution is 2.33. The normalized spacial score (nSPS) is 15.6. The van der Waals surface area contributed by atoms with Crippen LogP contribution < -0.4 is 19.7 Å². The third-order valence-electron chi connectivity index (χ3n) is 4.91. The Morgan fingerprint density at radius 3 is 2.93 bits per heavy atom. The van der Waals surface area contributed by atoms with Crippen LogP contribution in [0.15, 0.2) is 36.9 Å². The SMILES string of the molecule is CCCN1c2nc(Nc3ccc(-n4cnc(C)c4)c(OC)c3)ncc2OC[C@H]1C.[HH]. The van der Waals surface area contributed by atoms with Crippen molar-refractivity contribution >= 4 is 17.5 Å². The first-order valence-corrected chi connectivity index (χ1v) is 9.81. The van der Waals surface area contributed by atoms with E-state index in [9.17, 15) is 0 Å². The lowest BCUT2D eigenvalue weighted by Gasteiger charge is -2.35. The number of hydrogen-bond donors (Lipinski definition) is 1. The number of rotatable bonds is 6. The molecule has 0 saturated carbocycles. The Labute approximate surface area is 172 Å². The number of benzene rings is 1. The minimum absolute atomic E-state index is 0. The van der Waals surface area contributed by atoms with E-state index in [2.05, 4.69) is 34.0 Å². The molecule has 1 atom stereocenters. The number of fused-ring (bicyclic) bond motifs is 1. The van der Waals surface area contributed by atoms with Gasteiger partial charge in [0.05, 0.1) is 37.1 Å². The van der Waals surface area contributed by atoms with Crippen molar-refractivity contribution in [3.8, 4) is 17.2 Å². The number of ether oxygens (including phenoxy) is 2. The van der Waals surface area contributed by atoms with Gasteiger partial charge in [-0.1, -0.05) is 6.92 Å². The zero-order valence-corrected chi connectivity index (χ0v) is 17.2. The van der Waals surface area contributed by atoms with Crippen molar-refractivity contribution in [3.05, 3.63) is 42.6 Å². The van der Waals surface area contributed by atoms with Crippen LogP contribution in [0.2, 0.25) is 0 Å². The van der Waals surface area contributed by atoms with Crippen molar-refractivity contribution in [3.63, 3.8) is 0 Å². The standard InChI is InChI=1S/C21H26N6O2.H2/c1-5-8-27-15(3)12-29-19-10-22-21(25-20(19)27)24-16-6-7-17(18(9-16)28-4)26-11-14(2)23-13-26;/h6-7,9-11,13,15H,5,8,12H2,1-4H3,(H,22,24,25);1H/t15-;/m1./s1. The maximum Gasteiger partial charge on any atom is 0.229 e. The average Bonchev–Trinajstić information content (AvgIpc) is 3.16. The van der Waals surface area contributed by atoms with E-state index in [1.165, 1.54) is 0 Å². The summed E-state index contributed by atoms with van der Waals surface area (Å²) in [5.41, 5.74) is 2.71. The summed E-state index contributed by atoms with van der Waals surface area (Å²) in [5, 5.41) is 3.28. The summed E-state index contributed by atoms with van der Waals surface area (Å²) in [6.07, 6.45) is 6.51. The first-order chi connectivity index (χ1) is 14.1. The molecule has 0 saturated heterocycles. The highest BCUT2D eigenvalue weighted by molar-refractivity contribution is 5.64. The zero-order chi connectivity index (χ0) is 20.4. The molecule has 1 aliphatic rings. The van der Waals surface area contributed by atoms with E-state index in [-0.39, 0.29) is 7.47 Å². The molecule has 154 valence electrons. The van der Waals surface area contributed by atoms with E-state index in [1.54, 1.807) is 19.6 Å². The average molecular weight is 396 g/mol. The van der Waals surface area contributed by atoms with Gasteiger partial charge in [-0.25, -0.2) is 9.97 Å². The van der Waals surface area contributed by atoms with Crippen LogP contribution in [0.1, 0.15) is 27.4 Å². The van der Waals surface area contributed by atoms with Gasteiger partial charge in [0.15, 0.2) is 11.6 Å². The fraction of sp³-hybridized carbons (Fsp3) is 0.381. The summed E-state index contributed by atoms with van der Waals surface area (Å²) < 4.78 is 13.3. The highest BCUT2D eigenvalue weighted by Gasteiger charge is 2.26. The number of aryl methyl sites for hydroxylation is 1. The van der Waals surface area contributed by atoms with Crippen LogP contribution in [0.5, 0.6) is 11.5 Å². The third-order valence-corrected chi connectivity index (χ3v) is 4.91. The van der Waals surface area contributed by atoms with Crippen molar-refractivity contribution < 1.29 is 10.9 Å². The van der Waals surface area contributed by atoms with E-state index < -0.39 is 0 Å². The number of aromatic nitrogens is 4. The van der Waals surface area contributed by atoms with Gasteiger partial charge in [-0.05, 0) is 32.4 Å². The molecule has 0 bridgehead atoms. The number of nitrogens with one attached hydrogen (secondary N) is 1. The van der Waals surface area contributed by atoms with Gasteiger partial charge in [0.2, 0.25) is 5.95 Å². The molecule has 1 N–H and O–H groups in total. The molecule has 2 aromatic heterocycles. The van der Waals surface area contributed by atoms with Crippen molar-refractivity contribution in [1.29, 1.82) is 0 Å². The number of hydrogen-bond acceptors (Lipinski definition) is 7. The largest absolute Gasteiger partial charge is 0.494 e. The van der Waals surface area contributed by atoms with Gasteiger partial charge in [-0.2, -0.15) is 4.98 Å². The first-order valence-electron chi connectivity index (χ1n) is 9.81. The van der Waals surface area contributed by atoms with Gasteiger partial charge in [-0.15, -0.1) is 0 Å². The molecule has 4 rings (SSSR count). The summed E-state index contributed by atoms with van der Waals surface area (Å²) in [6.45, 7) is 7.85. The maximum atomic E-state index is 5.80. The third kappa shape index (κ3) is 3.83. The lowest BCUT2D eigenvalue weighted by atomic mass is 10.2. The molecule has 0 radical (unpaired) electrons. The predicted molar refractivity (Wildman–Crippen MR) is 115 cm³/mol. The zero-order valence-electron chi connectivity index (χ0n) is 17.2. The van der Waals surface area contributed by atoms with Crippen molar-refractivity contribution in [2.24, 2.45) is 0 Å². The molecule has 0 unspecified atom stereocenters. The summed E-state index contributed by atoms with van der Waals surface area (Å²) in [5.74, 6) is 2.82. The second kappa shape index (κ2) is 7.98. The molecule has 29 heavy (non-hydrogen) atoms. The van der Waals surface area contributed by atoms with Crippen LogP contribution in [-0.4, -0.2) is 45.8 Å². The van der Waals surface area contributed by atoms with Crippen LogP contribution in [0, 0.1) is 6.92 Å². The quantitative estimate of drug-likeness (QED) is 0.675. The molecule has 8 heteroatoms. The first kappa shape index (κ1) is 19.0. The molecule has 0 aliphatic carbocycles. The van der Waals surface area contributed by atoms with Gasteiger partial charge in [-0.3, -0.25) is 0 Å². The number of nitrogens with zero attached hydrogens (tertiary/aromatic N) is 5. The van der Waals surface area contributed by atoms with Crippen LogP contribution >= 0.6 is 0 Å². The molecule has 0 amide bonds. The fourth-order valence-electron chi connectivity index (χ4n) is 3.46. The predicted octanol–water partition coefficient (Wildman–Crippen LogP) is 3.97. The Morgan fingerprint density at radius 2 is 2.21 bits per heavy atom. The molecule has 1 aromatic carbocycles. The van der Waals surface area contributed by atoms with Gasteiger partial charge in [0.1, 0.15) is 12.4 Å². The second-order valence-corrected chi connectivity index (χ2v) is 7.17. The Kier molecular flexibility index (Phi) is 5.24. The second-order valence-electron chi connectivity index (χ2n) is 7.17. The van der Waals surface area contributed by atoms with E-state index in [1.807, 2.05) is 35.9 Å². The molecule has 3 aromatic rings. The summed E-state index contributed by atoms with van der Waals surface area (Å²) in [6, 6.07) is 6.16. The van der Waals surface area contributed by atoms with Crippen LogP contribution in [0.3, 0.4) is 0 Å². The highest BCUT2D eigenvalue weighted by atomic mass is 16.5. The topological polar surface area (TPSA) is 77.3 Å². The maximum absolute atomic E-state index is 5.80. The van der Waals surface area contributed by atoms with Gasteiger partial charge >= 0.3 is 0 Å². The van der Waals surface area contributed by atoms with Gasteiger partial charge in [0, 0.05) is 25.9 Å². The summed E-state index contributed by atoms with van der Waals surface area (Å²) in [4.78, 5) is 15.7. The Balaban J connectivity index is 0.00000256. The van der Waals surface area contributed by atoms with Crippen molar-refractivity contribution in [2.75, 3.05) is 30.5 Å². The summed E-state index contributed by atoms with van der Waals surface area (Å²) in [7, 11) is 1.66. The molecule has 1 aliphatic heterocycles. The Bertz CT molecular complexity index is 1010. The smallest absolute Gasteiger partial charge is 0.229 e. The molecule has 8 nitrogen and oxygen atoms in total. The lowest BCUT2D eigenvalue weighted by Crippen LogP contribution is -2.42. The van der Waals surface area contributed by atoms with Crippen LogP contribution in [0.25, 0.3) is 5.69 Å². The molecule has 3 heterocycles.